The van der Waals surface area contributed by atoms with Crippen molar-refractivity contribution >= 4 is 15.6 Å². The molecule has 0 unspecified atom stereocenters. The van der Waals surface area contributed by atoms with E-state index in [1.54, 1.807) is 0 Å². The summed E-state index contributed by atoms with van der Waals surface area (Å²) in [5.41, 5.74) is 0. The maximum atomic E-state index is 11.0. The van der Waals surface area contributed by atoms with Gasteiger partial charge in [0, 0.05) is 5.75 Å². The number of ketones is 1. The molecule has 0 aliphatic rings. The van der Waals surface area contributed by atoms with Crippen molar-refractivity contribution < 1.29 is 18.3 Å². The minimum absolute atomic E-state index is 0.113. The molecule has 0 aromatic rings. The molecule has 4 nitrogen and oxygen atoms in total. The lowest BCUT2D eigenvalue weighted by Gasteiger charge is -2.08. The molecule has 0 heterocycles. The molecular formula is C6H12O4S. The smallest absolute Gasteiger partial charge is 0.162 e. The van der Waals surface area contributed by atoms with Crippen molar-refractivity contribution in [3.63, 3.8) is 0 Å². The van der Waals surface area contributed by atoms with Gasteiger partial charge in [0.25, 0.3) is 0 Å². The highest BCUT2D eigenvalue weighted by Gasteiger charge is 2.26. The van der Waals surface area contributed by atoms with E-state index in [0.717, 1.165) is 6.92 Å². The molecule has 0 aliphatic carbocycles. The summed E-state index contributed by atoms with van der Waals surface area (Å²) in [6.45, 7) is 1.99. The van der Waals surface area contributed by atoms with Gasteiger partial charge in [0.05, 0.1) is 6.61 Å². The molecule has 0 amide bonds. The van der Waals surface area contributed by atoms with Crippen molar-refractivity contribution in [1.29, 1.82) is 0 Å². The van der Waals surface area contributed by atoms with Crippen LogP contribution in [0.1, 0.15) is 13.8 Å². The highest BCUT2D eigenvalue weighted by atomic mass is 32.2. The van der Waals surface area contributed by atoms with Crippen LogP contribution in [0.5, 0.6) is 0 Å². The van der Waals surface area contributed by atoms with Crippen LogP contribution in [0.4, 0.5) is 0 Å². The van der Waals surface area contributed by atoms with Crippen LogP contribution in [0.3, 0.4) is 0 Å². The predicted octanol–water partition coefficient (Wildman–Crippen LogP) is -0.629. The first kappa shape index (κ1) is 10.6. The Morgan fingerprint density at radius 1 is 1.55 bits per heavy atom. The molecule has 5 heteroatoms. The molecule has 0 spiro atoms. The standard InChI is InChI=1S/C6H12O4S/c1-3-11(9,10)6(4-7)5(2)8/h6-7H,3-4H2,1-2H3/t6-/m1/s1. The molecule has 0 bridgehead atoms. The Morgan fingerprint density at radius 3 is 2.09 bits per heavy atom. The minimum atomic E-state index is -3.41. The van der Waals surface area contributed by atoms with E-state index in [1.165, 1.54) is 6.92 Å². The Morgan fingerprint density at radius 2 is 2.00 bits per heavy atom. The van der Waals surface area contributed by atoms with E-state index in [1.807, 2.05) is 0 Å². The van der Waals surface area contributed by atoms with Gasteiger partial charge in [0.15, 0.2) is 9.84 Å². The average Bonchev–Trinajstić information content (AvgIpc) is 1.88. The van der Waals surface area contributed by atoms with Gasteiger partial charge < -0.3 is 5.11 Å². The first-order valence-electron chi connectivity index (χ1n) is 3.28. The van der Waals surface area contributed by atoms with Crippen LogP contribution < -0.4 is 0 Å². The third-order valence-corrected chi connectivity index (χ3v) is 3.61. The van der Waals surface area contributed by atoms with Gasteiger partial charge in [-0.3, -0.25) is 4.79 Å². The van der Waals surface area contributed by atoms with Crippen molar-refractivity contribution in [2.24, 2.45) is 0 Å². The lowest BCUT2D eigenvalue weighted by Crippen LogP contribution is -2.33. The number of Topliss-reactive ketones (excluding diaryl/α,β-unsaturated/α-hetero) is 1. The van der Waals surface area contributed by atoms with Crippen LogP contribution >= 0.6 is 0 Å². The highest BCUT2D eigenvalue weighted by molar-refractivity contribution is 7.92. The van der Waals surface area contributed by atoms with Crippen LogP contribution in [0.15, 0.2) is 0 Å². The molecule has 0 aromatic heterocycles. The average molecular weight is 180 g/mol. The summed E-state index contributed by atoms with van der Waals surface area (Å²) in [4.78, 5) is 10.6. The first-order valence-corrected chi connectivity index (χ1v) is 5.00. The maximum Gasteiger partial charge on any atom is 0.162 e. The molecule has 0 saturated heterocycles. The lowest BCUT2D eigenvalue weighted by atomic mass is 10.3. The molecule has 1 N–H and O–H groups in total. The number of sulfone groups is 1. The third kappa shape index (κ3) is 2.59. The summed E-state index contributed by atoms with van der Waals surface area (Å²) in [6.07, 6.45) is 0. The number of aliphatic hydroxyl groups is 1. The van der Waals surface area contributed by atoms with Crippen molar-refractivity contribution in [2.75, 3.05) is 12.4 Å². The normalized spacial score (nSPS) is 14.5. The molecule has 0 radical (unpaired) electrons. The fourth-order valence-corrected chi connectivity index (χ4v) is 1.83. The first-order chi connectivity index (χ1) is 4.95. The molecule has 0 aliphatic heterocycles. The van der Waals surface area contributed by atoms with E-state index in [-0.39, 0.29) is 5.75 Å². The van der Waals surface area contributed by atoms with Crippen molar-refractivity contribution in [3.8, 4) is 0 Å². The molecule has 0 saturated carbocycles. The molecule has 0 rings (SSSR count). The topological polar surface area (TPSA) is 71.4 Å². The van der Waals surface area contributed by atoms with Crippen LogP contribution in [0.2, 0.25) is 0 Å². The summed E-state index contributed by atoms with van der Waals surface area (Å²) in [6, 6.07) is 0. The monoisotopic (exact) mass is 180 g/mol. The predicted molar refractivity (Wildman–Crippen MR) is 41.0 cm³/mol. The van der Waals surface area contributed by atoms with Gasteiger partial charge in [-0.15, -0.1) is 0 Å². The van der Waals surface area contributed by atoms with Crippen LogP contribution in [0, 0.1) is 0 Å². The Bertz CT molecular complexity index is 229. The zero-order valence-corrected chi connectivity index (χ0v) is 7.39. The van der Waals surface area contributed by atoms with Gasteiger partial charge in [-0.25, -0.2) is 8.42 Å². The summed E-state index contributed by atoms with van der Waals surface area (Å²) in [5, 5.41) is 7.33. The van der Waals surface area contributed by atoms with Crippen LogP contribution in [-0.2, 0) is 14.6 Å². The van der Waals surface area contributed by atoms with E-state index in [0.29, 0.717) is 0 Å². The van der Waals surface area contributed by atoms with E-state index in [2.05, 4.69) is 0 Å². The van der Waals surface area contributed by atoms with E-state index >= 15 is 0 Å². The molecular weight excluding hydrogens is 168 g/mol. The fourth-order valence-electron chi connectivity index (χ4n) is 0.696. The Kier molecular flexibility index (Phi) is 3.68. The summed E-state index contributed by atoms with van der Waals surface area (Å²) in [5.74, 6) is -0.619. The molecule has 1 atom stereocenters. The minimum Gasteiger partial charge on any atom is -0.395 e. The second-order valence-corrected chi connectivity index (χ2v) is 4.71. The van der Waals surface area contributed by atoms with Crippen molar-refractivity contribution in [2.45, 2.75) is 19.1 Å². The number of aliphatic hydroxyl groups excluding tert-OH is 1. The largest absolute Gasteiger partial charge is 0.395 e. The molecule has 0 aromatic carbocycles. The van der Waals surface area contributed by atoms with E-state index < -0.39 is 27.5 Å². The molecule has 11 heavy (non-hydrogen) atoms. The van der Waals surface area contributed by atoms with Gasteiger partial charge in [-0.05, 0) is 6.92 Å². The number of rotatable bonds is 4. The van der Waals surface area contributed by atoms with E-state index in [9.17, 15) is 13.2 Å². The molecule has 66 valence electrons. The number of hydrogen-bond donors (Lipinski definition) is 1. The zero-order chi connectivity index (χ0) is 9.07. The second kappa shape index (κ2) is 3.82. The highest BCUT2D eigenvalue weighted by Crippen LogP contribution is 2.02. The lowest BCUT2D eigenvalue weighted by molar-refractivity contribution is -0.117. The maximum absolute atomic E-state index is 11.0. The summed E-state index contributed by atoms with van der Waals surface area (Å²) >= 11 is 0. The Balaban J connectivity index is 4.65. The van der Waals surface area contributed by atoms with Gasteiger partial charge in [-0.1, -0.05) is 6.92 Å². The SMILES string of the molecule is CCS(=O)(=O)[C@H](CO)C(C)=O. The van der Waals surface area contributed by atoms with Crippen molar-refractivity contribution in [3.05, 3.63) is 0 Å². The Labute approximate surface area is 66.1 Å². The fraction of sp³-hybridized carbons (Fsp3) is 0.833. The Hall–Kier alpha value is -0.420. The summed E-state index contributed by atoms with van der Waals surface area (Å²) in [7, 11) is -3.41. The third-order valence-electron chi connectivity index (χ3n) is 1.46. The van der Waals surface area contributed by atoms with E-state index in [4.69, 9.17) is 5.11 Å². The van der Waals surface area contributed by atoms with Crippen LogP contribution in [0.25, 0.3) is 0 Å². The number of carbonyl (C=O) groups excluding carboxylic acids is 1. The summed E-state index contributed by atoms with van der Waals surface area (Å²) < 4.78 is 22.0. The van der Waals surface area contributed by atoms with Gasteiger partial charge >= 0.3 is 0 Å². The number of hydrogen-bond acceptors (Lipinski definition) is 4. The van der Waals surface area contributed by atoms with Crippen molar-refractivity contribution in [1.82, 2.24) is 0 Å². The molecule has 0 fully saturated rings. The zero-order valence-electron chi connectivity index (χ0n) is 6.57. The quantitative estimate of drug-likeness (QED) is 0.625. The van der Waals surface area contributed by atoms with Gasteiger partial charge in [0.2, 0.25) is 0 Å². The second-order valence-electron chi connectivity index (χ2n) is 2.23. The van der Waals surface area contributed by atoms with Gasteiger partial charge in [-0.2, -0.15) is 0 Å². The van der Waals surface area contributed by atoms with Gasteiger partial charge in [0.1, 0.15) is 11.0 Å². The number of carbonyl (C=O) groups is 1. The van der Waals surface area contributed by atoms with Crippen LogP contribution in [-0.4, -0.2) is 36.9 Å².